The number of nitrogens with zero attached hydrogens (tertiary/aromatic N) is 1. The van der Waals surface area contributed by atoms with Gasteiger partial charge in [-0.25, -0.2) is 12.8 Å². The molecular weight excluding hydrogens is 375 g/mol. The standard InChI is InChI=1S/C18H15FN2O3S2/c19-14-3-5-15(6-4-14)26(23,24)17(16-2-1-11-25-16)12-21-18(22)13-7-9-20-10-8-13/h1-11,17H,12H2,(H,21,22). The van der Waals surface area contributed by atoms with Crippen molar-refractivity contribution in [3.63, 3.8) is 0 Å². The second kappa shape index (κ2) is 7.76. The fourth-order valence-corrected chi connectivity index (χ4v) is 5.20. The maximum absolute atomic E-state index is 13.1. The lowest BCUT2D eigenvalue weighted by molar-refractivity contribution is 0.0953. The minimum Gasteiger partial charge on any atom is -0.350 e. The Hall–Kier alpha value is -2.58. The number of pyridine rings is 1. The molecule has 1 amide bonds. The second-order valence-corrected chi connectivity index (χ2v) is 8.56. The summed E-state index contributed by atoms with van der Waals surface area (Å²) in [6, 6.07) is 11.2. The molecule has 8 heteroatoms. The van der Waals surface area contributed by atoms with Gasteiger partial charge in [0, 0.05) is 29.4 Å². The van der Waals surface area contributed by atoms with Gasteiger partial charge in [0.25, 0.3) is 5.91 Å². The van der Waals surface area contributed by atoms with Gasteiger partial charge in [-0.15, -0.1) is 11.3 Å². The van der Waals surface area contributed by atoms with Gasteiger partial charge in [0.2, 0.25) is 0 Å². The Bertz CT molecular complexity index is 973. The van der Waals surface area contributed by atoms with Crippen LogP contribution in [0.25, 0.3) is 0 Å². The first kappa shape index (κ1) is 18.2. The summed E-state index contributed by atoms with van der Waals surface area (Å²) >= 11 is 1.29. The van der Waals surface area contributed by atoms with Crippen molar-refractivity contribution in [3.05, 3.63) is 82.6 Å². The third kappa shape index (κ3) is 3.97. The van der Waals surface area contributed by atoms with Crippen LogP contribution >= 0.6 is 11.3 Å². The highest BCUT2D eigenvalue weighted by molar-refractivity contribution is 7.91. The molecule has 0 spiro atoms. The molecule has 0 aliphatic carbocycles. The first-order chi connectivity index (χ1) is 12.5. The molecule has 26 heavy (non-hydrogen) atoms. The number of sulfone groups is 1. The summed E-state index contributed by atoms with van der Waals surface area (Å²) in [4.78, 5) is 16.7. The average Bonchev–Trinajstić information content (AvgIpc) is 3.17. The minimum absolute atomic E-state index is 0.00969. The van der Waals surface area contributed by atoms with E-state index in [-0.39, 0.29) is 17.3 Å². The summed E-state index contributed by atoms with van der Waals surface area (Å²) in [5, 5.41) is 3.47. The van der Waals surface area contributed by atoms with Crippen LogP contribution in [0.5, 0.6) is 0 Å². The maximum atomic E-state index is 13.1. The van der Waals surface area contributed by atoms with E-state index in [1.807, 2.05) is 0 Å². The molecule has 134 valence electrons. The number of benzene rings is 1. The van der Waals surface area contributed by atoms with E-state index >= 15 is 0 Å². The highest BCUT2D eigenvalue weighted by Crippen LogP contribution is 2.31. The van der Waals surface area contributed by atoms with E-state index < -0.39 is 20.9 Å². The van der Waals surface area contributed by atoms with Gasteiger partial charge in [-0.3, -0.25) is 9.78 Å². The predicted molar refractivity (Wildman–Crippen MR) is 97.2 cm³/mol. The van der Waals surface area contributed by atoms with Crippen molar-refractivity contribution >= 4 is 27.1 Å². The molecule has 3 rings (SSSR count). The number of carbonyl (C=O) groups excluding carboxylic acids is 1. The molecule has 3 aromatic rings. The van der Waals surface area contributed by atoms with Crippen molar-refractivity contribution in [2.24, 2.45) is 0 Å². The molecule has 1 aromatic carbocycles. The second-order valence-electron chi connectivity index (χ2n) is 5.45. The lowest BCUT2D eigenvalue weighted by Crippen LogP contribution is -2.31. The van der Waals surface area contributed by atoms with E-state index in [1.54, 1.807) is 29.6 Å². The van der Waals surface area contributed by atoms with Crippen molar-refractivity contribution < 1.29 is 17.6 Å². The summed E-state index contributed by atoms with van der Waals surface area (Å²) in [6.45, 7) is -0.0959. The molecule has 1 atom stereocenters. The molecule has 2 heterocycles. The number of carbonyl (C=O) groups is 1. The number of thiophene rings is 1. The molecule has 1 N–H and O–H groups in total. The van der Waals surface area contributed by atoms with Crippen LogP contribution in [0, 0.1) is 5.82 Å². The molecule has 0 saturated heterocycles. The molecule has 0 aliphatic heterocycles. The first-order valence-electron chi connectivity index (χ1n) is 7.69. The summed E-state index contributed by atoms with van der Waals surface area (Å²) in [7, 11) is -3.80. The Balaban J connectivity index is 1.86. The van der Waals surface area contributed by atoms with Crippen LogP contribution in [0.1, 0.15) is 20.5 Å². The molecule has 0 fully saturated rings. The van der Waals surface area contributed by atoms with Crippen LogP contribution in [0.2, 0.25) is 0 Å². The van der Waals surface area contributed by atoms with Crippen LogP contribution in [-0.2, 0) is 9.84 Å². The van der Waals surface area contributed by atoms with E-state index in [9.17, 15) is 17.6 Å². The van der Waals surface area contributed by atoms with E-state index in [0.29, 0.717) is 10.4 Å². The van der Waals surface area contributed by atoms with Crippen molar-refractivity contribution in [1.82, 2.24) is 10.3 Å². The molecule has 5 nitrogen and oxygen atoms in total. The Labute approximate surface area is 154 Å². The topological polar surface area (TPSA) is 76.1 Å². The van der Waals surface area contributed by atoms with Gasteiger partial charge < -0.3 is 5.32 Å². The highest BCUT2D eigenvalue weighted by atomic mass is 32.2. The number of aromatic nitrogens is 1. The summed E-state index contributed by atoms with van der Waals surface area (Å²) in [5.74, 6) is -0.897. The number of amides is 1. The predicted octanol–water partition coefficient (Wildman–Crippen LogP) is 3.23. The Morgan fingerprint density at radius 3 is 2.42 bits per heavy atom. The molecule has 2 aromatic heterocycles. The van der Waals surface area contributed by atoms with Crippen molar-refractivity contribution in [3.8, 4) is 0 Å². The number of nitrogens with one attached hydrogen (secondary N) is 1. The van der Waals surface area contributed by atoms with Crippen molar-refractivity contribution in [2.75, 3.05) is 6.54 Å². The summed E-state index contributed by atoms with van der Waals surface area (Å²) in [6.07, 6.45) is 2.97. The van der Waals surface area contributed by atoms with Crippen molar-refractivity contribution in [1.29, 1.82) is 0 Å². The molecule has 0 aliphatic rings. The molecule has 1 unspecified atom stereocenters. The SMILES string of the molecule is O=C(NCC(c1cccs1)S(=O)(=O)c1ccc(F)cc1)c1ccncc1. The fraction of sp³-hybridized carbons (Fsp3) is 0.111. The van der Waals surface area contributed by atoms with Gasteiger partial charge in [-0.2, -0.15) is 0 Å². The monoisotopic (exact) mass is 390 g/mol. The Morgan fingerprint density at radius 2 is 1.81 bits per heavy atom. The molecule has 0 radical (unpaired) electrons. The quantitative estimate of drug-likeness (QED) is 0.656. The molecule has 0 bridgehead atoms. The van der Waals surface area contributed by atoms with Crippen molar-refractivity contribution in [2.45, 2.75) is 10.1 Å². The van der Waals surface area contributed by atoms with Crippen LogP contribution in [-0.4, -0.2) is 25.9 Å². The van der Waals surface area contributed by atoms with Crippen LogP contribution in [0.15, 0.2) is 71.2 Å². The number of hydrogen-bond acceptors (Lipinski definition) is 5. The van der Waals surface area contributed by atoms with E-state index in [0.717, 1.165) is 12.1 Å². The van der Waals surface area contributed by atoms with Crippen LogP contribution in [0.4, 0.5) is 4.39 Å². The van der Waals surface area contributed by atoms with E-state index in [1.165, 1.54) is 35.9 Å². The number of hydrogen-bond donors (Lipinski definition) is 1. The third-order valence-corrected chi connectivity index (χ3v) is 7.00. The van der Waals surface area contributed by atoms with Gasteiger partial charge >= 0.3 is 0 Å². The lowest BCUT2D eigenvalue weighted by Gasteiger charge is -2.17. The summed E-state index contributed by atoms with van der Waals surface area (Å²) in [5.41, 5.74) is 0.393. The van der Waals surface area contributed by atoms with Gasteiger partial charge in [-0.05, 0) is 47.8 Å². The average molecular weight is 390 g/mol. The Kier molecular flexibility index (Phi) is 5.43. The fourth-order valence-electron chi connectivity index (χ4n) is 2.42. The van der Waals surface area contributed by atoms with Gasteiger partial charge in [0.1, 0.15) is 11.1 Å². The van der Waals surface area contributed by atoms with Gasteiger partial charge in [-0.1, -0.05) is 6.07 Å². The van der Waals surface area contributed by atoms with Gasteiger partial charge in [0.05, 0.1) is 4.90 Å². The van der Waals surface area contributed by atoms with E-state index in [2.05, 4.69) is 10.3 Å². The lowest BCUT2D eigenvalue weighted by atomic mass is 10.2. The molecular formula is C18H15FN2O3S2. The maximum Gasteiger partial charge on any atom is 0.251 e. The number of halogens is 1. The van der Waals surface area contributed by atoms with Crippen LogP contribution in [0.3, 0.4) is 0 Å². The zero-order valence-corrected chi connectivity index (χ0v) is 15.1. The zero-order chi connectivity index (χ0) is 18.6. The molecule has 0 saturated carbocycles. The third-order valence-electron chi connectivity index (χ3n) is 3.77. The summed E-state index contributed by atoms with van der Waals surface area (Å²) < 4.78 is 39.2. The largest absolute Gasteiger partial charge is 0.350 e. The van der Waals surface area contributed by atoms with Crippen LogP contribution < -0.4 is 5.32 Å². The Morgan fingerprint density at radius 1 is 1.12 bits per heavy atom. The first-order valence-corrected chi connectivity index (χ1v) is 10.1. The smallest absolute Gasteiger partial charge is 0.251 e. The van der Waals surface area contributed by atoms with Gasteiger partial charge in [0.15, 0.2) is 9.84 Å². The number of rotatable bonds is 6. The zero-order valence-electron chi connectivity index (χ0n) is 13.5. The highest BCUT2D eigenvalue weighted by Gasteiger charge is 2.30. The van der Waals surface area contributed by atoms with E-state index in [4.69, 9.17) is 0 Å². The normalized spacial score (nSPS) is 12.5. The minimum atomic E-state index is -3.80.